The maximum absolute atomic E-state index is 5.78. The predicted molar refractivity (Wildman–Crippen MR) is 118 cm³/mol. The van der Waals surface area contributed by atoms with Gasteiger partial charge in [0.2, 0.25) is 0 Å². The maximum atomic E-state index is 5.78. The molecule has 5 heteroatoms. The summed E-state index contributed by atoms with van der Waals surface area (Å²) in [6, 6.07) is 16.8. The minimum Gasteiger partial charge on any atom is -0.343 e. The van der Waals surface area contributed by atoms with Crippen molar-refractivity contribution >= 4 is 33.8 Å². The van der Waals surface area contributed by atoms with Gasteiger partial charge in [-0.15, -0.1) is 0 Å². The molecular weight excluding hydrogens is 352 g/mol. The highest BCUT2D eigenvalue weighted by Crippen LogP contribution is 2.22. The highest BCUT2D eigenvalue weighted by Gasteiger charge is 2.12. The number of nitrogens with zero attached hydrogens (tertiary/aromatic N) is 3. The highest BCUT2D eigenvalue weighted by molar-refractivity contribution is 7.80. The van der Waals surface area contributed by atoms with Gasteiger partial charge in [0, 0.05) is 48.5 Å². The Labute approximate surface area is 166 Å². The van der Waals surface area contributed by atoms with Crippen LogP contribution in [0.1, 0.15) is 11.1 Å². The number of rotatable bonds is 6. The lowest BCUT2D eigenvalue weighted by Gasteiger charge is -2.28. The molecule has 3 rings (SSSR count). The first kappa shape index (κ1) is 19.3. The van der Waals surface area contributed by atoms with E-state index < -0.39 is 0 Å². The zero-order valence-corrected chi connectivity index (χ0v) is 17.0. The van der Waals surface area contributed by atoms with Crippen molar-refractivity contribution in [1.82, 2.24) is 14.8 Å². The summed E-state index contributed by atoms with van der Waals surface area (Å²) in [5.41, 5.74) is 3.54. The minimum atomic E-state index is 0.738. The second kappa shape index (κ2) is 8.93. The van der Waals surface area contributed by atoms with Crippen molar-refractivity contribution in [2.45, 2.75) is 13.5 Å². The molecule has 0 radical (unpaired) electrons. The summed E-state index contributed by atoms with van der Waals surface area (Å²) in [6.07, 6.45) is 3.69. The summed E-state index contributed by atoms with van der Waals surface area (Å²) in [4.78, 5) is 8.60. The number of pyridine rings is 1. The van der Waals surface area contributed by atoms with E-state index in [0.717, 1.165) is 41.2 Å². The first-order valence-corrected chi connectivity index (χ1v) is 9.53. The van der Waals surface area contributed by atoms with Crippen molar-refractivity contribution in [3.63, 3.8) is 0 Å². The van der Waals surface area contributed by atoms with E-state index in [9.17, 15) is 0 Å². The molecule has 0 aliphatic rings. The van der Waals surface area contributed by atoms with Crippen LogP contribution in [0, 0.1) is 6.92 Å². The van der Waals surface area contributed by atoms with E-state index in [1.54, 1.807) is 0 Å². The molecule has 3 aromatic rings. The van der Waals surface area contributed by atoms with Gasteiger partial charge in [-0.3, -0.25) is 4.98 Å². The van der Waals surface area contributed by atoms with Crippen molar-refractivity contribution in [3.05, 3.63) is 72.1 Å². The van der Waals surface area contributed by atoms with Crippen LogP contribution >= 0.6 is 12.2 Å². The van der Waals surface area contributed by atoms with Gasteiger partial charge < -0.3 is 15.1 Å². The average Bonchev–Trinajstić information content (AvgIpc) is 2.66. The Balaban J connectivity index is 1.79. The van der Waals surface area contributed by atoms with E-state index in [1.165, 1.54) is 11.1 Å². The number of likely N-dealkylation sites (N-methyl/N-ethyl adjacent to an activating group) is 1. The van der Waals surface area contributed by atoms with E-state index in [4.69, 9.17) is 12.2 Å². The van der Waals surface area contributed by atoms with Gasteiger partial charge in [0.05, 0.1) is 0 Å². The van der Waals surface area contributed by atoms with Crippen LogP contribution in [0.2, 0.25) is 0 Å². The van der Waals surface area contributed by atoms with Crippen LogP contribution in [-0.2, 0) is 6.54 Å². The van der Waals surface area contributed by atoms with Crippen LogP contribution in [0.25, 0.3) is 10.8 Å². The fraction of sp³-hybridized carbons (Fsp3) is 0.273. The molecule has 140 valence electrons. The van der Waals surface area contributed by atoms with Crippen LogP contribution in [-0.4, -0.2) is 47.1 Å². The summed E-state index contributed by atoms with van der Waals surface area (Å²) in [7, 11) is 4.16. The van der Waals surface area contributed by atoms with Crippen LogP contribution < -0.4 is 5.32 Å². The third-order valence-corrected chi connectivity index (χ3v) is 4.88. The lowest BCUT2D eigenvalue weighted by Crippen LogP contribution is -2.38. The Hall–Kier alpha value is -2.50. The molecule has 0 saturated carbocycles. The standard InChI is InChI=1S/C22H26N4S/c1-17-7-9-18(10-8-17)16-26(14-13-25(2)3)22(27)24-21-6-4-5-19-15-23-12-11-20(19)21/h4-12,15H,13-14,16H2,1-3H3,(H,24,27). The molecule has 4 nitrogen and oxygen atoms in total. The largest absolute Gasteiger partial charge is 0.343 e. The first-order chi connectivity index (χ1) is 13.0. The van der Waals surface area contributed by atoms with Gasteiger partial charge in [-0.05, 0) is 50.9 Å². The highest BCUT2D eigenvalue weighted by atomic mass is 32.1. The van der Waals surface area contributed by atoms with Crippen molar-refractivity contribution in [1.29, 1.82) is 0 Å². The summed E-state index contributed by atoms with van der Waals surface area (Å²) in [5.74, 6) is 0. The Morgan fingerprint density at radius 2 is 1.81 bits per heavy atom. The molecule has 0 unspecified atom stereocenters. The van der Waals surface area contributed by atoms with Gasteiger partial charge in [0.25, 0.3) is 0 Å². The van der Waals surface area contributed by atoms with Gasteiger partial charge in [0.1, 0.15) is 0 Å². The van der Waals surface area contributed by atoms with Crippen LogP contribution in [0.4, 0.5) is 5.69 Å². The first-order valence-electron chi connectivity index (χ1n) is 9.12. The molecule has 1 aromatic heterocycles. The number of aryl methyl sites for hydroxylation is 1. The molecule has 0 bridgehead atoms. The van der Waals surface area contributed by atoms with Crippen molar-refractivity contribution in [2.75, 3.05) is 32.5 Å². The minimum absolute atomic E-state index is 0.738. The fourth-order valence-corrected chi connectivity index (χ4v) is 3.18. The maximum Gasteiger partial charge on any atom is 0.173 e. The molecule has 0 atom stereocenters. The summed E-state index contributed by atoms with van der Waals surface area (Å²) >= 11 is 5.78. The topological polar surface area (TPSA) is 31.4 Å². The van der Waals surface area contributed by atoms with Gasteiger partial charge in [0.15, 0.2) is 5.11 Å². The van der Waals surface area contributed by atoms with Crippen LogP contribution in [0.3, 0.4) is 0 Å². The molecule has 27 heavy (non-hydrogen) atoms. The Bertz CT molecular complexity index is 900. The smallest absolute Gasteiger partial charge is 0.173 e. The zero-order valence-electron chi connectivity index (χ0n) is 16.1. The van der Waals surface area contributed by atoms with Gasteiger partial charge >= 0.3 is 0 Å². The molecule has 2 aromatic carbocycles. The molecule has 1 N–H and O–H groups in total. The molecule has 0 aliphatic carbocycles. The SMILES string of the molecule is Cc1ccc(CN(CCN(C)C)C(=S)Nc2cccc3cnccc23)cc1. The molecule has 1 heterocycles. The van der Waals surface area contributed by atoms with E-state index >= 15 is 0 Å². The molecule has 0 fully saturated rings. The second-order valence-corrected chi connectivity index (χ2v) is 7.43. The van der Waals surface area contributed by atoms with E-state index in [1.807, 2.05) is 24.5 Å². The van der Waals surface area contributed by atoms with Crippen molar-refractivity contribution in [3.8, 4) is 0 Å². The third-order valence-electron chi connectivity index (χ3n) is 4.52. The normalized spacial score (nSPS) is 11.0. The quantitative estimate of drug-likeness (QED) is 0.646. The third kappa shape index (κ3) is 5.25. The monoisotopic (exact) mass is 378 g/mol. The summed E-state index contributed by atoms with van der Waals surface area (Å²) in [5, 5.41) is 6.41. The molecule has 0 saturated heterocycles. The number of benzene rings is 2. The van der Waals surface area contributed by atoms with Crippen molar-refractivity contribution in [2.24, 2.45) is 0 Å². The number of anilines is 1. The van der Waals surface area contributed by atoms with Crippen molar-refractivity contribution < 1.29 is 0 Å². The Morgan fingerprint density at radius 1 is 1.04 bits per heavy atom. The predicted octanol–water partition coefficient (Wildman–Crippen LogP) is 4.30. The average molecular weight is 379 g/mol. The zero-order chi connectivity index (χ0) is 19.2. The van der Waals surface area contributed by atoms with Gasteiger partial charge in [-0.25, -0.2) is 0 Å². The number of fused-ring (bicyclic) bond motifs is 1. The second-order valence-electron chi connectivity index (χ2n) is 7.04. The number of hydrogen-bond acceptors (Lipinski definition) is 3. The van der Waals surface area contributed by atoms with Gasteiger partial charge in [-0.2, -0.15) is 0 Å². The summed E-state index contributed by atoms with van der Waals surface area (Å²) < 4.78 is 0. The fourth-order valence-electron chi connectivity index (χ4n) is 2.91. The molecule has 0 amide bonds. The molecule has 0 spiro atoms. The van der Waals surface area contributed by atoms with Crippen LogP contribution in [0.15, 0.2) is 60.9 Å². The Kier molecular flexibility index (Phi) is 6.37. The molecular formula is C22H26N4S. The molecule has 0 aliphatic heterocycles. The number of hydrogen-bond donors (Lipinski definition) is 1. The Morgan fingerprint density at radius 3 is 2.56 bits per heavy atom. The van der Waals surface area contributed by atoms with Crippen LogP contribution in [0.5, 0.6) is 0 Å². The number of nitrogens with one attached hydrogen (secondary N) is 1. The summed E-state index contributed by atoms with van der Waals surface area (Å²) in [6.45, 7) is 4.69. The number of thiocarbonyl (C=S) groups is 1. The lowest BCUT2D eigenvalue weighted by atomic mass is 10.1. The van der Waals surface area contributed by atoms with E-state index in [0.29, 0.717) is 0 Å². The van der Waals surface area contributed by atoms with Gasteiger partial charge in [-0.1, -0.05) is 42.0 Å². The number of aromatic nitrogens is 1. The lowest BCUT2D eigenvalue weighted by molar-refractivity contribution is 0.328. The van der Waals surface area contributed by atoms with E-state index in [2.05, 4.69) is 77.5 Å². The van der Waals surface area contributed by atoms with E-state index in [-0.39, 0.29) is 0 Å².